The van der Waals surface area contributed by atoms with Crippen LogP contribution in [0.3, 0.4) is 0 Å². The minimum atomic E-state index is -0.455. The Labute approximate surface area is 151 Å². The molecule has 0 aliphatic rings. The van der Waals surface area contributed by atoms with Gasteiger partial charge in [0, 0.05) is 15.3 Å². The third-order valence-corrected chi connectivity index (χ3v) is 5.28. The second kappa shape index (κ2) is 7.12. The van der Waals surface area contributed by atoms with Gasteiger partial charge < -0.3 is 5.73 Å². The van der Waals surface area contributed by atoms with E-state index in [0.29, 0.717) is 20.7 Å². The van der Waals surface area contributed by atoms with Gasteiger partial charge >= 0.3 is 0 Å². The van der Waals surface area contributed by atoms with E-state index in [4.69, 9.17) is 17.3 Å². The third kappa shape index (κ3) is 4.00. The molecular formula is C16H12ClN3O2S2. The van der Waals surface area contributed by atoms with Crippen molar-refractivity contribution in [2.75, 3.05) is 5.32 Å². The predicted molar refractivity (Wildman–Crippen MR) is 97.7 cm³/mol. The Morgan fingerprint density at radius 2 is 1.92 bits per heavy atom. The van der Waals surface area contributed by atoms with E-state index < -0.39 is 5.91 Å². The highest BCUT2D eigenvalue weighted by Gasteiger charge is 2.13. The van der Waals surface area contributed by atoms with Crippen LogP contribution in [0.1, 0.15) is 15.4 Å². The Hall–Kier alpha value is -2.22. The van der Waals surface area contributed by atoms with Crippen LogP contribution in [0.4, 0.5) is 5.13 Å². The first-order valence-electron chi connectivity index (χ1n) is 6.91. The first-order valence-corrected chi connectivity index (χ1v) is 8.98. The number of thiophene rings is 1. The number of aromatic nitrogens is 1. The van der Waals surface area contributed by atoms with Crippen LogP contribution >= 0.6 is 34.3 Å². The summed E-state index contributed by atoms with van der Waals surface area (Å²) < 4.78 is 0. The maximum atomic E-state index is 12.3. The van der Waals surface area contributed by atoms with Crippen LogP contribution in [0.15, 0.2) is 41.8 Å². The van der Waals surface area contributed by atoms with Crippen molar-refractivity contribution in [2.24, 2.45) is 5.73 Å². The first kappa shape index (κ1) is 16.6. The fraction of sp³-hybridized carbons (Fsp3) is 0.0625. The molecule has 5 nitrogen and oxygen atoms in total. The minimum Gasteiger partial charge on any atom is -0.369 e. The van der Waals surface area contributed by atoms with E-state index in [9.17, 15) is 9.59 Å². The summed E-state index contributed by atoms with van der Waals surface area (Å²) in [5.41, 5.74) is 6.68. The molecule has 24 heavy (non-hydrogen) atoms. The second-order valence-corrected chi connectivity index (χ2v) is 7.29. The Balaban J connectivity index is 1.70. The molecule has 3 N–H and O–H groups in total. The number of hydrogen-bond donors (Lipinski definition) is 2. The zero-order chi connectivity index (χ0) is 17.1. The monoisotopic (exact) mass is 377 g/mol. The number of hydrogen-bond acceptors (Lipinski definition) is 5. The summed E-state index contributed by atoms with van der Waals surface area (Å²) in [7, 11) is 0. The van der Waals surface area contributed by atoms with Gasteiger partial charge in [-0.15, -0.1) is 22.7 Å². The molecule has 0 saturated heterocycles. The van der Waals surface area contributed by atoms with Crippen LogP contribution in [-0.2, 0) is 11.2 Å². The van der Waals surface area contributed by atoms with Crippen LogP contribution in [-0.4, -0.2) is 16.8 Å². The number of nitrogens with one attached hydrogen (secondary N) is 1. The third-order valence-electron chi connectivity index (χ3n) is 3.09. The average molecular weight is 378 g/mol. The molecule has 0 atom stereocenters. The number of anilines is 1. The predicted octanol–water partition coefficient (Wildman–Crippen LogP) is 3.81. The number of benzene rings is 1. The maximum absolute atomic E-state index is 12.3. The number of nitrogens with two attached hydrogens (primary N) is 1. The zero-order valence-electron chi connectivity index (χ0n) is 12.3. The van der Waals surface area contributed by atoms with Crippen molar-refractivity contribution in [3.63, 3.8) is 0 Å². The summed E-state index contributed by atoms with van der Waals surface area (Å²) >= 11 is 8.53. The van der Waals surface area contributed by atoms with E-state index in [2.05, 4.69) is 10.3 Å². The molecule has 0 spiro atoms. The average Bonchev–Trinajstić information content (AvgIpc) is 3.17. The molecule has 0 aliphatic heterocycles. The molecule has 122 valence electrons. The molecule has 0 fully saturated rings. The van der Waals surface area contributed by atoms with Gasteiger partial charge in [-0.25, -0.2) is 4.98 Å². The fourth-order valence-corrected chi connectivity index (χ4v) is 3.75. The van der Waals surface area contributed by atoms with E-state index in [1.165, 1.54) is 22.7 Å². The van der Waals surface area contributed by atoms with Gasteiger partial charge in [0.1, 0.15) is 0 Å². The number of rotatable bonds is 5. The number of carbonyl (C=O) groups excluding carboxylic acids is 2. The van der Waals surface area contributed by atoms with Gasteiger partial charge in [0.05, 0.1) is 17.0 Å². The number of halogens is 1. The fourth-order valence-electron chi connectivity index (χ4n) is 2.01. The molecule has 3 rings (SSSR count). The van der Waals surface area contributed by atoms with Crippen molar-refractivity contribution in [2.45, 2.75) is 6.42 Å². The molecule has 2 amide bonds. The summed E-state index contributed by atoms with van der Waals surface area (Å²) in [5, 5.41) is 5.55. The maximum Gasteiger partial charge on any atom is 0.267 e. The Bertz CT molecular complexity index is 887. The van der Waals surface area contributed by atoms with Crippen molar-refractivity contribution < 1.29 is 9.59 Å². The highest BCUT2D eigenvalue weighted by atomic mass is 35.5. The molecule has 0 saturated carbocycles. The van der Waals surface area contributed by atoms with Gasteiger partial charge in [0.25, 0.3) is 5.91 Å². The summed E-state index contributed by atoms with van der Waals surface area (Å²) in [6.07, 6.45) is 0.0616. The standard InChI is InChI=1S/C16H12ClN3O2S2/c17-10-3-1-9(2-4-10)12-5-6-13(24-12)15(22)20-16-19-11(8-23-16)7-14(18)21/h1-6,8H,7H2,(H2,18,21)(H,19,20,22). The van der Waals surface area contributed by atoms with Gasteiger partial charge in [-0.05, 0) is 29.8 Å². The molecule has 2 heterocycles. The highest BCUT2D eigenvalue weighted by Crippen LogP contribution is 2.29. The molecule has 1 aromatic carbocycles. The molecule has 2 aromatic heterocycles. The molecule has 0 radical (unpaired) electrons. The number of nitrogens with zero attached hydrogens (tertiary/aromatic N) is 1. The van der Waals surface area contributed by atoms with Gasteiger partial charge in [-0.3, -0.25) is 14.9 Å². The number of amides is 2. The van der Waals surface area contributed by atoms with Gasteiger partial charge in [-0.2, -0.15) is 0 Å². The van der Waals surface area contributed by atoms with Crippen molar-refractivity contribution in [3.8, 4) is 10.4 Å². The lowest BCUT2D eigenvalue weighted by atomic mass is 10.2. The van der Waals surface area contributed by atoms with Gasteiger partial charge in [-0.1, -0.05) is 23.7 Å². The molecule has 0 bridgehead atoms. The number of primary amides is 1. The topological polar surface area (TPSA) is 85.1 Å². The molecule has 8 heteroatoms. The lowest BCUT2D eigenvalue weighted by Gasteiger charge is -1.99. The SMILES string of the molecule is NC(=O)Cc1csc(NC(=O)c2ccc(-c3ccc(Cl)cc3)s2)n1. The lowest BCUT2D eigenvalue weighted by Crippen LogP contribution is -2.14. The second-order valence-electron chi connectivity index (χ2n) is 4.91. The normalized spacial score (nSPS) is 10.5. The number of carbonyl (C=O) groups is 2. The van der Waals surface area contributed by atoms with E-state index in [1.54, 1.807) is 11.4 Å². The van der Waals surface area contributed by atoms with E-state index in [0.717, 1.165) is 10.4 Å². The van der Waals surface area contributed by atoms with E-state index >= 15 is 0 Å². The van der Waals surface area contributed by atoms with Crippen LogP contribution < -0.4 is 11.1 Å². The van der Waals surface area contributed by atoms with Crippen molar-refractivity contribution in [3.05, 3.63) is 57.4 Å². The van der Waals surface area contributed by atoms with Crippen LogP contribution in [0.5, 0.6) is 0 Å². The summed E-state index contributed by atoms with van der Waals surface area (Å²) in [5.74, 6) is -0.691. The molecule has 0 aliphatic carbocycles. The van der Waals surface area contributed by atoms with Crippen LogP contribution in [0.25, 0.3) is 10.4 Å². The van der Waals surface area contributed by atoms with Crippen LogP contribution in [0.2, 0.25) is 5.02 Å². The Morgan fingerprint density at radius 1 is 1.17 bits per heavy atom. The first-order chi connectivity index (χ1) is 11.5. The van der Waals surface area contributed by atoms with Crippen molar-refractivity contribution in [1.29, 1.82) is 0 Å². The lowest BCUT2D eigenvalue weighted by molar-refractivity contribution is -0.117. The molecule has 0 unspecified atom stereocenters. The quantitative estimate of drug-likeness (QED) is 0.709. The smallest absolute Gasteiger partial charge is 0.267 e. The highest BCUT2D eigenvalue weighted by molar-refractivity contribution is 7.17. The summed E-state index contributed by atoms with van der Waals surface area (Å²) in [6, 6.07) is 11.1. The number of thiazole rings is 1. The summed E-state index contributed by atoms with van der Waals surface area (Å²) in [4.78, 5) is 28.9. The van der Waals surface area contributed by atoms with E-state index in [1.807, 2.05) is 30.3 Å². The Morgan fingerprint density at radius 3 is 2.62 bits per heavy atom. The summed E-state index contributed by atoms with van der Waals surface area (Å²) in [6.45, 7) is 0. The van der Waals surface area contributed by atoms with Crippen LogP contribution in [0, 0.1) is 0 Å². The Kier molecular flexibility index (Phi) is 4.94. The largest absolute Gasteiger partial charge is 0.369 e. The van der Waals surface area contributed by atoms with E-state index in [-0.39, 0.29) is 12.3 Å². The van der Waals surface area contributed by atoms with Gasteiger partial charge in [0.2, 0.25) is 5.91 Å². The molecule has 3 aromatic rings. The van der Waals surface area contributed by atoms with Gasteiger partial charge in [0.15, 0.2) is 5.13 Å². The van der Waals surface area contributed by atoms with Crippen molar-refractivity contribution >= 4 is 51.2 Å². The minimum absolute atomic E-state index is 0.0616. The zero-order valence-corrected chi connectivity index (χ0v) is 14.7. The van der Waals surface area contributed by atoms with Crippen molar-refractivity contribution in [1.82, 2.24) is 4.98 Å². The molecular weight excluding hydrogens is 366 g/mol.